The normalized spacial score (nSPS) is 11.7. The van der Waals surface area contributed by atoms with Crippen LogP contribution in [0.2, 0.25) is 0 Å². The summed E-state index contributed by atoms with van der Waals surface area (Å²) >= 11 is 2.70. The Kier molecular flexibility index (Phi) is 6.61. The first-order valence-corrected chi connectivity index (χ1v) is 10.9. The van der Waals surface area contributed by atoms with Gasteiger partial charge in [0.1, 0.15) is 5.00 Å². The van der Waals surface area contributed by atoms with Crippen molar-refractivity contribution in [2.45, 2.75) is 26.7 Å². The number of carbonyl (C=O) groups is 3. The lowest BCUT2D eigenvalue weighted by atomic mass is 9.98. The molecule has 2 heterocycles. The standard InChI is InChI=1S/C22H21NO4S2/c1-4-27-22(26)18-13(2)12-29-21(18)23-20(25)14(3)15-7-9-16(10-8-15)19(24)17-6-5-11-28-17/h5-12,14H,4H2,1-3H3,(H,23,25). The summed E-state index contributed by atoms with van der Waals surface area (Å²) in [6.07, 6.45) is 0. The Balaban J connectivity index is 1.73. The highest BCUT2D eigenvalue weighted by molar-refractivity contribution is 7.15. The van der Waals surface area contributed by atoms with E-state index in [1.807, 2.05) is 23.8 Å². The average molecular weight is 428 g/mol. The van der Waals surface area contributed by atoms with Crippen molar-refractivity contribution in [2.24, 2.45) is 0 Å². The van der Waals surface area contributed by atoms with Gasteiger partial charge in [-0.15, -0.1) is 22.7 Å². The van der Waals surface area contributed by atoms with Gasteiger partial charge in [0, 0.05) is 5.56 Å². The van der Waals surface area contributed by atoms with Crippen molar-refractivity contribution in [3.8, 4) is 0 Å². The monoisotopic (exact) mass is 427 g/mol. The summed E-state index contributed by atoms with van der Waals surface area (Å²) in [4.78, 5) is 38.0. The topological polar surface area (TPSA) is 72.5 Å². The van der Waals surface area contributed by atoms with Gasteiger partial charge in [0.15, 0.2) is 0 Å². The van der Waals surface area contributed by atoms with Crippen molar-refractivity contribution in [1.82, 2.24) is 0 Å². The fourth-order valence-corrected chi connectivity index (χ4v) is 4.46. The number of carbonyl (C=O) groups excluding carboxylic acids is 3. The van der Waals surface area contributed by atoms with E-state index in [4.69, 9.17) is 4.74 Å². The first kappa shape index (κ1) is 21.0. The molecule has 2 aromatic heterocycles. The molecule has 0 radical (unpaired) electrons. The number of amides is 1. The maximum absolute atomic E-state index is 12.7. The zero-order valence-electron chi connectivity index (χ0n) is 16.4. The number of rotatable bonds is 7. The predicted molar refractivity (Wildman–Crippen MR) is 116 cm³/mol. The van der Waals surface area contributed by atoms with Crippen molar-refractivity contribution in [3.63, 3.8) is 0 Å². The lowest BCUT2D eigenvalue weighted by Gasteiger charge is -2.13. The molecule has 1 aromatic carbocycles. The Morgan fingerprint density at radius 3 is 2.45 bits per heavy atom. The number of ether oxygens (including phenoxy) is 1. The lowest BCUT2D eigenvalue weighted by Crippen LogP contribution is -2.20. The van der Waals surface area contributed by atoms with Crippen LogP contribution in [-0.2, 0) is 9.53 Å². The van der Waals surface area contributed by atoms with E-state index in [2.05, 4.69) is 5.32 Å². The van der Waals surface area contributed by atoms with Crippen LogP contribution in [0.5, 0.6) is 0 Å². The van der Waals surface area contributed by atoms with Gasteiger partial charge in [-0.2, -0.15) is 0 Å². The minimum absolute atomic E-state index is 0.0307. The van der Waals surface area contributed by atoms with Crippen molar-refractivity contribution in [2.75, 3.05) is 11.9 Å². The van der Waals surface area contributed by atoms with E-state index in [1.54, 1.807) is 44.2 Å². The van der Waals surface area contributed by atoms with Crippen LogP contribution in [0, 0.1) is 6.92 Å². The van der Waals surface area contributed by atoms with Crippen LogP contribution < -0.4 is 5.32 Å². The van der Waals surface area contributed by atoms with Crippen molar-refractivity contribution < 1.29 is 19.1 Å². The van der Waals surface area contributed by atoms with Crippen LogP contribution in [0.3, 0.4) is 0 Å². The zero-order valence-corrected chi connectivity index (χ0v) is 18.0. The van der Waals surface area contributed by atoms with Crippen LogP contribution >= 0.6 is 22.7 Å². The van der Waals surface area contributed by atoms with Crippen molar-refractivity contribution in [3.05, 3.63) is 74.3 Å². The van der Waals surface area contributed by atoms with E-state index in [9.17, 15) is 14.4 Å². The molecule has 1 amide bonds. The molecule has 0 spiro atoms. The minimum atomic E-state index is -0.446. The molecule has 0 fully saturated rings. The van der Waals surface area contributed by atoms with Gasteiger partial charge >= 0.3 is 5.97 Å². The molecule has 150 valence electrons. The number of thiophene rings is 2. The minimum Gasteiger partial charge on any atom is -0.462 e. The second kappa shape index (κ2) is 9.15. The van der Waals surface area contributed by atoms with Crippen LogP contribution in [-0.4, -0.2) is 24.3 Å². The maximum atomic E-state index is 12.7. The number of hydrogen-bond acceptors (Lipinski definition) is 6. The van der Waals surface area contributed by atoms with E-state index in [0.29, 0.717) is 21.0 Å². The summed E-state index contributed by atoms with van der Waals surface area (Å²) in [5.74, 6) is -1.14. The summed E-state index contributed by atoms with van der Waals surface area (Å²) in [5.41, 5.74) is 2.54. The fraction of sp³-hybridized carbons (Fsp3) is 0.227. The molecule has 5 nitrogen and oxygen atoms in total. The SMILES string of the molecule is CCOC(=O)c1c(C)csc1NC(=O)C(C)c1ccc(C(=O)c2cccs2)cc1. The highest BCUT2D eigenvalue weighted by Crippen LogP contribution is 2.30. The molecule has 3 aromatic rings. The Morgan fingerprint density at radius 2 is 1.83 bits per heavy atom. The van der Waals surface area contributed by atoms with Crippen LogP contribution in [0.15, 0.2) is 47.2 Å². The van der Waals surface area contributed by atoms with Gasteiger partial charge in [0.2, 0.25) is 11.7 Å². The molecule has 0 bridgehead atoms. The third kappa shape index (κ3) is 4.63. The molecule has 0 saturated heterocycles. The molecule has 3 rings (SSSR count). The number of aryl methyl sites for hydroxylation is 1. The molecule has 0 aliphatic rings. The second-order valence-electron chi connectivity index (χ2n) is 6.48. The number of anilines is 1. The van der Waals surface area contributed by atoms with Gasteiger partial charge in [0.25, 0.3) is 0 Å². The summed E-state index contributed by atoms with van der Waals surface area (Å²) in [6.45, 7) is 5.61. The smallest absolute Gasteiger partial charge is 0.341 e. The average Bonchev–Trinajstić information content (AvgIpc) is 3.37. The van der Waals surface area contributed by atoms with Gasteiger partial charge in [0.05, 0.1) is 23.0 Å². The third-order valence-corrected chi connectivity index (χ3v) is 6.38. The third-order valence-electron chi connectivity index (χ3n) is 4.50. The van der Waals surface area contributed by atoms with Crippen LogP contribution in [0.25, 0.3) is 0 Å². The molecule has 0 aliphatic carbocycles. The molecule has 0 aliphatic heterocycles. The Hall–Kier alpha value is -2.77. The number of ketones is 1. The molecule has 29 heavy (non-hydrogen) atoms. The number of esters is 1. The lowest BCUT2D eigenvalue weighted by molar-refractivity contribution is -0.117. The maximum Gasteiger partial charge on any atom is 0.341 e. The molecule has 0 saturated carbocycles. The van der Waals surface area contributed by atoms with Crippen LogP contribution in [0.4, 0.5) is 5.00 Å². The van der Waals surface area contributed by atoms with E-state index in [1.165, 1.54) is 22.7 Å². The van der Waals surface area contributed by atoms with Crippen molar-refractivity contribution >= 4 is 45.3 Å². The second-order valence-corrected chi connectivity index (χ2v) is 8.31. The van der Waals surface area contributed by atoms with Gasteiger partial charge in [-0.05, 0) is 48.7 Å². The number of benzene rings is 1. The summed E-state index contributed by atoms with van der Waals surface area (Å²) in [5, 5.41) is 7.01. The highest BCUT2D eigenvalue weighted by atomic mass is 32.1. The Bertz CT molecular complexity index is 1020. The quantitative estimate of drug-likeness (QED) is 0.412. The number of nitrogens with one attached hydrogen (secondary N) is 1. The summed E-state index contributed by atoms with van der Waals surface area (Å²) in [7, 11) is 0. The van der Waals surface area contributed by atoms with Gasteiger partial charge in [-0.3, -0.25) is 9.59 Å². The van der Waals surface area contributed by atoms with E-state index >= 15 is 0 Å². The van der Waals surface area contributed by atoms with E-state index < -0.39 is 11.9 Å². The summed E-state index contributed by atoms with van der Waals surface area (Å²) < 4.78 is 5.09. The largest absolute Gasteiger partial charge is 0.462 e. The molecule has 7 heteroatoms. The summed E-state index contributed by atoms with van der Waals surface area (Å²) in [6, 6.07) is 10.7. The van der Waals surface area contributed by atoms with Gasteiger partial charge in [-0.25, -0.2) is 4.79 Å². The zero-order chi connectivity index (χ0) is 21.0. The fourth-order valence-electron chi connectivity index (χ4n) is 2.84. The van der Waals surface area contributed by atoms with Crippen LogP contribution in [0.1, 0.15) is 56.5 Å². The first-order valence-electron chi connectivity index (χ1n) is 9.16. The van der Waals surface area contributed by atoms with E-state index in [0.717, 1.165) is 11.1 Å². The Morgan fingerprint density at radius 1 is 1.10 bits per heavy atom. The molecule has 1 unspecified atom stereocenters. The van der Waals surface area contributed by atoms with E-state index in [-0.39, 0.29) is 18.3 Å². The molecule has 1 atom stereocenters. The Labute approximate surface area is 177 Å². The predicted octanol–water partition coefficient (Wildman–Crippen LogP) is 5.27. The first-order chi connectivity index (χ1) is 13.9. The molecular weight excluding hydrogens is 406 g/mol. The highest BCUT2D eigenvalue weighted by Gasteiger charge is 2.22. The number of hydrogen-bond donors (Lipinski definition) is 1. The van der Waals surface area contributed by atoms with Gasteiger partial charge in [-0.1, -0.05) is 30.3 Å². The molecule has 1 N–H and O–H groups in total. The van der Waals surface area contributed by atoms with Gasteiger partial charge < -0.3 is 10.1 Å². The van der Waals surface area contributed by atoms with Crippen molar-refractivity contribution in [1.29, 1.82) is 0 Å². The molecular formula is C22H21NO4S2.